The van der Waals surface area contributed by atoms with Crippen LogP contribution in [0.5, 0.6) is 0 Å². The second-order valence-corrected chi connectivity index (χ2v) is 7.36. The number of nitrogens with zero attached hydrogens (tertiary/aromatic N) is 5. The molecule has 0 N–H and O–H groups in total. The minimum absolute atomic E-state index is 0.421. The molecule has 3 aromatic rings. The highest BCUT2D eigenvalue weighted by atomic mass is 15.4. The molecule has 5 nitrogen and oxygen atoms in total. The SMILES string of the molecule is CC1(C)CCCN(c2ccc3nnc(-c4ccccc4)n3n2)CC1. The van der Waals surface area contributed by atoms with Crippen molar-refractivity contribution >= 4 is 11.5 Å². The van der Waals surface area contributed by atoms with Gasteiger partial charge in [-0.3, -0.25) is 0 Å². The molecule has 2 aromatic heterocycles. The molecule has 4 rings (SSSR count). The fraction of sp³-hybridized carbons (Fsp3) is 0.421. The lowest BCUT2D eigenvalue weighted by Gasteiger charge is -2.24. The zero-order valence-electron chi connectivity index (χ0n) is 14.3. The van der Waals surface area contributed by atoms with Crippen LogP contribution in [0.25, 0.3) is 17.0 Å². The van der Waals surface area contributed by atoms with Crippen molar-refractivity contribution in [1.29, 1.82) is 0 Å². The van der Waals surface area contributed by atoms with Crippen LogP contribution in [0.4, 0.5) is 5.82 Å². The molecule has 1 fully saturated rings. The van der Waals surface area contributed by atoms with Crippen LogP contribution < -0.4 is 4.90 Å². The van der Waals surface area contributed by atoms with Crippen LogP contribution in [-0.2, 0) is 0 Å². The van der Waals surface area contributed by atoms with Crippen molar-refractivity contribution < 1.29 is 0 Å². The molecule has 0 spiro atoms. The summed E-state index contributed by atoms with van der Waals surface area (Å²) >= 11 is 0. The molecule has 5 heteroatoms. The van der Waals surface area contributed by atoms with Gasteiger partial charge in [0.25, 0.3) is 0 Å². The number of aromatic nitrogens is 4. The minimum atomic E-state index is 0.421. The van der Waals surface area contributed by atoms with E-state index in [4.69, 9.17) is 5.10 Å². The fourth-order valence-corrected chi connectivity index (χ4v) is 3.37. The van der Waals surface area contributed by atoms with Gasteiger partial charge in [-0.15, -0.1) is 15.3 Å². The number of anilines is 1. The lowest BCUT2D eigenvalue weighted by molar-refractivity contribution is 0.325. The second kappa shape index (κ2) is 5.89. The van der Waals surface area contributed by atoms with Gasteiger partial charge in [-0.05, 0) is 36.8 Å². The van der Waals surface area contributed by atoms with E-state index in [1.165, 1.54) is 19.3 Å². The van der Waals surface area contributed by atoms with Gasteiger partial charge in [0.05, 0.1) is 0 Å². The molecule has 124 valence electrons. The van der Waals surface area contributed by atoms with Gasteiger partial charge < -0.3 is 4.90 Å². The largest absolute Gasteiger partial charge is 0.355 e. The third kappa shape index (κ3) is 2.86. The van der Waals surface area contributed by atoms with Crippen molar-refractivity contribution in [3.8, 4) is 11.4 Å². The first-order valence-electron chi connectivity index (χ1n) is 8.65. The molecule has 0 aliphatic carbocycles. The molecule has 0 bridgehead atoms. The van der Waals surface area contributed by atoms with Crippen molar-refractivity contribution in [3.63, 3.8) is 0 Å². The standard InChI is InChI=1S/C19H23N5/c1-19(2)11-6-13-23(14-12-19)17-10-9-16-20-21-18(24(16)22-17)15-7-4-3-5-8-15/h3-5,7-10H,6,11-14H2,1-2H3. The molecule has 1 aliphatic rings. The van der Waals surface area contributed by atoms with Gasteiger partial charge in [-0.25, -0.2) is 0 Å². The van der Waals surface area contributed by atoms with Gasteiger partial charge in [-0.2, -0.15) is 4.52 Å². The molecule has 0 radical (unpaired) electrons. The first-order valence-corrected chi connectivity index (χ1v) is 8.65. The molecule has 3 heterocycles. The normalized spacial score (nSPS) is 17.8. The molecule has 1 saturated heterocycles. The van der Waals surface area contributed by atoms with Crippen molar-refractivity contribution in [2.75, 3.05) is 18.0 Å². The van der Waals surface area contributed by atoms with Crippen LogP contribution in [0.3, 0.4) is 0 Å². The van der Waals surface area contributed by atoms with E-state index in [2.05, 4.69) is 35.0 Å². The Morgan fingerprint density at radius 2 is 1.75 bits per heavy atom. The van der Waals surface area contributed by atoms with E-state index in [-0.39, 0.29) is 0 Å². The summed E-state index contributed by atoms with van der Waals surface area (Å²) < 4.78 is 1.86. The molecule has 1 aliphatic heterocycles. The number of fused-ring (bicyclic) bond motifs is 1. The van der Waals surface area contributed by atoms with Crippen molar-refractivity contribution in [3.05, 3.63) is 42.5 Å². The number of rotatable bonds is 2. The Kier molecular flexibility index (Phi) is 3.71. The topological polar surface area (TPSA) is 46.3 Å². The van der Waals surface area contributed by atoms with Crippen LogP contribution in [0, 0.1) is 5.41 Å². The minimum Gasteiger partial charge on any atom is -0.355 e. The number of hydrogen-bond donors (Lipinski definition) is 0. The Hall–Kier alpha value is -2.43. The maximum Gasteiger partial charge on any atom is 0.185 e. The van der Waals surface area contributed by atoms with E-state index < -0.39 is 0 Å². The second-order valence-electron chi connectivity index (χ2n) is 7.36. The lowest BCUT2D eigenvalue weighted by atomic mass is 9.85. The summed E-state index contributed by atoms with van der Waals surface area (Å²) in [5, 5.41) is 13.4. The predicted octanol–water partition coefficient (Wildman–Crippen LogP) is 3.81. The molecule has 0 amide bonds. The Morgan fingerprint density at radius 3 is 2.58 bits per heavy atom. The monoisotopic (exact) mass is 321 g/mol. The molecule has 0 saturated carbocycles. The molecule has 24 heavy (non-hydrogen) atoms. The summed E-state index contributed by atoms with van der Waals surface area (Å²) in [6, 6.07) is 14.2. The van der Waals surface area contributed by atoms with Crippen molar-refractivity contribution in [2.45, 2.75) is 33.1 Å². The Morgan fingerprint density at radius 1 is 0.917 bits per heavy atom. The van der Waals surface area contributed by atoms with E-state index in [9.17, 15) is 0 Å². The Labute approximate surface area is 142 Å². The van der Waals surface area contributed by atoms with E-state index in [1.807, 2.05) is 40.9 Å². The zero-order valence-corrected chi connectivity index (χ0v) is 14.3. The third-order valence-electron chi connectivity index (χ3n) is 4.94. The smallest absolute Gasteiger partial charge is 0.185 e. The van der Waals surface area contributed by atoms with E-state index >= 15 is 0 Å². The first kappa shape index (κ1) is 15.1. The van der Waals surface area contributed by atoms with Crippen LogP contribution >= 0.6 is 0 Å². The first-order chi connectivity index (χ1) is 11.6. The van der Waals surface area contributed by atoms with E-state index in [0.717, 1.165) is 35.9 Å². The van der Waals surface area contributed by atoms with Crippen LogP contribution in [0.1, 0.15) is 33.1 Å². The van der Waals surface area contributed by atoms with Crippen LogP contribution in [0.15, 0.2) is 42.5 Å². The summed E-state index contributed by atoms with van der Waals surface area (Å²) in [5.41, 5.74) is 2.24. The quantitative estimate of drug-likeness (QED) is 0.720. The summed E-state index contributed by atoms with van der Waals surface area (Å²) in [4.78, 5) is 2.39. The van der Waals surface area contributed by atoms with Gasteiger partial charge in [-0.1, -0.05) is 44.2 Å². The molecule has 1 aromatic carbocycles. The highest BCUT2D eigenvalue weighted by Crippen LogP contribution is 2.31. The van der Waals surface area contributed by atoms with Crippen LogP contribution in [0.2, 0.25) is 0 Å². The number of hydrogen-bond acceptors (Lipinski definition) is 4. The van der Waals surface area contributed by atoms with Gasteiger partial charge >= 0.3 is 0 Å². The average molecular weight is 321 g/mol. The van der Waals surface area contributed by atoms with Gasteiger partial charge in [0.2, 0.25) is 0 Å². The summed E-state index contributed by atoms with van der Waals surface area (Å²) in [5.74, 6) is 1.81. The highest BCUT2D eigenvalue weighted by Gasteiger charge is 2.24. The van der Waals surface area contributed by atoms with Gasteiger partial charge in [0.1, 0.15) is 5.82 Å². The Bertz CT molecular complexity index is 837. The van der Waals surface area contributed by atoms with E-state index in [0.29, 0.717) is 5.41 Å². The molecular formula is C19H23N5. The molecule has 0 unspecified atom stereocenters. The highest BCUT2D eigenvalue weighted by molar-refractivity contribution is 5.59. The maximum atomic E-state index is 4.84. The van der Waals surface area contributed by atoms with Gasteiger partial charge in [0, 0.05) is 18.7 Å². The molecular weight excluding hydrogens is 298 g/mol. The predicted molar refractivity (Wildman–Crippen MR) is 96.1 cm³/mol. The summed E-state index contributed by atoms with van der Waals surface area (Å²) in [6.07, 6.45) is 3.68. The van der Waals surface area contributed by atoms with E-state index in [1.54, 1.807) is 0 Å². The van der Waals surface area contributed by atoms with Gasteiger partial charge in [0.15, 0.2) is 11.5 Å². The summed E-state index contributed by atoms with van der Waals surface area (Å²) in [7, 11) is 0. The molecule has 0 atom stereocenters. The van der Waals surface area contributed by atoms with Crippen molar-refractivity contribution in [1.82, 2.24) is 19.8 Å². The average Bonchev–Trinajstić information content (AvgIpc) is 2.92. The zero-order chi connectivity index (χ0) is 16.6. The third-order valence-corrected chi connectivity index (χ3v) is 4.94. The van der Waals surface area contributed by atoms with Crippen LogP contribution in [-0.4, -0.2) is 32.9 Å². The number of benzene rings is 1. The lowest BCUT2D eigenvalue weighted by Crippen LogP contribution is -2.26. The summed E-state index contributed by atoms with van der Waals surface area (Å²) in [6.45, 7) is 6.83. The van der Waals surface area contributed by atoms with Crippen molar-refractivity contribution in [2.24, 2.45) is 5.41 Å². The maximum absolute atomic E-state index is 4.84. The Balaban J connectivity index is 1.70. The fourth-order valence-electron chi connectivity index (χ4n) is 3.37.